The van der Waals surface area contributed by atoms with Gasteiger partial charge in [0.05, 0.1) is 36.2 Å². The van der Waals surface area contributed by atoms with Gasteiger partial charge in [-0.25, -0.2) is 9.97 Å². The van der Waals surface area contributed by atoms with Crippen molar-refractivity contribution in [2.24, 2.45) is 7.05 Å². The van der Waals surface area contributed by atoms with Crippen LogP contribution in [-0.2, 0) is 11.8 Å². The number of hydrogen-bond donors (Lipinski definition) is 3. The number of H-pyrrole nitrogens is 1. The summed E-state index contributed by atoms with van der Waals surface area (Å²) >= 11 is 0. The minimum Gasteiger partial charge on any atom is -0.478 e. The van der Waals surface area contributed by atoms with Gasteiger partial charge in [-0.15, -0.1) is 5.10 Å². The molecule has 3 aromatic heterocycles. The van der Waals surface area contributed by atoms with Gasteiger partial charge >= 0.3 is 0 Å². The molecule has 0 saturated carbocycles. The number of aryl methyl sites for hydroxylation is 2. The van der Waals surface area contributed by atoms with Crippen LogP contribution >= 0.6 is 0 Å². The van der Waals surface area contributed by atoms with Gasteiger partial charge in [0.15, 0.2) is 0 Å². The SMILES string of the molecule is COc1nn(C)cc1Nc1ncc(C)c(-c2c[nH]c3c(NC(=O)C4CCCN4C4CCN(C)C4)cccc23)n1. The van der Waals surface area contributed by atoms with Crippen molar-refractivity contribution in [1.82, 2.24) is 34.5 Å². The normalized spacial score (nSPS) is 20.1. The van der Waals surface area contributed by atoms with Gasteiger partial charge in [-0.2, -0.15) is 0 Å². The van der Waals surface area contributed by atoms with Crippen LogP contribution < -0.4 is 15.4 Å². The van der Waals surface area contributed by atoms with E-state index in [9.17, 15) is 4.79 Å². The molecule has 2 aliphatic heterocycles. The van der Waals surface area contributed by atoms with E-state index >= 15 is 0 Å². The summed E-state index contributed by atoms with van der Waals surface area (Å²) in [5.41, 5.74) is 5.04. The van der Waals surface area contributed by atoms with E-state index in [0.29, 0.717) is 23.6 Å². The highest BCUT2D eigenvalue weighted by molar-refractivity contribution is 6.06. The quantitative estimate of drug-likeness (QED) is 0.333. The van der Waals surface area contributed by atoms with E-state index in [-0.39, 0.29) is 11.9 Å². The molecular weight excluding hydrogens is 494 g/mol. The molecule has 3 N–H and O–H groups in total. The van der Waals surface area contributed by atoms with Gasteiger partial charge in [0.25, 0.3) is 5.88 Å². The number of anilines is 3. The van der Waals surface area contributed by atoms with Crippen LogP contribution in [0, 0.1) is 6.92 Å². The highest BCUT2D eigenvalue weighted by atomic mass is 16.5. The highest BCUT2D eigenvalue weighted by Crippen LogP contribution is 2.35. The number of amides is 1. The van der Waals surface area contributed by atoms with E-state index in [1.54, 1.807) is 18.0 Å². The molecule has 0 spiro atoms. The lowest BCUT2D eigenvalue weighted by Crippen LogP contribution is -2.46. The number of carbonyl (C=O) groups is 1. The van der Waals surface area contributed by atoms with Gasteiger partial charge in [-0.1, -0.05) is 12.1 Å². The number of methoxy groups -OCH3 is 1. The number of benzene rings is 1. The van der Waals surface area contributed by atoms with Gasteiger partial charge in [0.1, 0.15) is 5.69 Å². The van der Waals surface area contributed by atoms with Gasteiger partial charge < -0.3 is 25.3 Å². The van der Waals surface area contributed by atoms with E-state index in [4.69, 9.17) is 9.72 Å². The molecule has 11 heteroatoms. The fraction of sp³-hybridized carbons (Fsp3) is 0.429. The summed E-state index contributed by atoms with van der Waals surface area (Å²) in [5, 5.41) is 11.7. The Hall–Kier alpha value is -3.96. The Morgan fingerprint density at radius 2 is 2.05 bits per heavy atom. The number of para-hydroxylation sites is 1. The second-order valence-electron chi connectivity index (χ2n) is 10.6. The lowest BCUT2D eigenvalue weighted by Gasteiger charge is -2.29. The zero-order chi connectivity index (χ0) is 27.1. The van der Waals surface area contributed by atoms with Crippen LogP contribution in [0.3, 0.4) is 0 Å². The van der Waals surface area contributed by atoms with Crippen molar-refractivity contribution in [3.8, 4) is 17.1 Å². The molecule has 1 amide bonds. The predicted octanol–water partition coefficient (Wildman–Crippen LogP) is 3.53. The smallest absolute Gasteiger partial charge is 0.256 e. The molecule has 0 aliphatic carbocycles. The van der Waals surface area contributed by atoms with Crippen LogP contribution in [0.2, 0.25) is 0 Å². The third-order valence-electron chi connectivity index (χ3n) is 7.87. The summed E-state index contributed by atoms with van der Waals surface area (Å²) in [5.74, 6) is 0.983. The first kappa shape index (κ1) is 25.3. The average molecular weight is 530 g/mol. The maximum atomic E-state index is 13.5. The van der Waals surface area contributed by atoms with E-state index in [0.717, 1.165) is 72.3 Å². The number of hydrogen-bond acceptors (Lipinski definition) is 8. The van der Waals surface area contributed by atoms with Crippen molar-refractivity contribution in [3.05, 3.63) is 42.4 Å². The summed E-state index contributed by atoms with van der Waals surface area (Å²) in [4.78, 5) is 30.9. The molecule has 0 radical (unpaired) electrons. The van der Waals surface area contributed by atoms with Crippen molar-refractivity contribution in [1.29, 1.82) is 0 Å². The lowest BCUT2D eigenvalue weighted by molar-refractivity contribution is -0.121. The first-order valence-corrected chi connectivity index (χ1v) is 13.4. The maximum Gasteiger partial charge on any atom is 0.256 e. The fourth-order valence-corrected chi connectivity index (χ4v) is 5.96. The van der Waals surface area contributed by atoms with Crippen molar-refractivity contribution in [3.63, 3.8) is 0 Å². The number of aromatic amines is 1. The summed E-state index contributed by atoms with van der Waals surface area (Å²) in [6.07, 6.45) is 8.64. The molecule has 11 nitrogen and oxygen atoms in total. The summed E-state index contributed by atoms with van der Waals surface area (Å²) in [6.45, 7) is 5.10. The molecule has 6 rings (SSSR count). The van der Waals surface area contributed by atoms with Crippen LogP contribution in [-0.4, -0.2) is 86.3 Å². The average Bonchev–Trinajstić information content (AvgIpc) is 3.71. The standard InChI is InChI=1S/C28H35N9O2/c1-17-13-30-28(32-22-16-36(3)34-27(22)39-4)33-24(17)20-14-29-25-19(20)7-5-8-21(25)31-26(38)23-9-6-11-37(23)18-10-12-35(2)15-18/h5,7-8,13-14,16,18,23,29H,6,9-12,15H2,1-4H3,(H,31,38)(H,30,32,33). The molecule has 5 heterocycles. The Balaban J connectivity index is 1.26. The number of likely N-dealkylation sites (tertiary alicyclic amines) is 2. The van der Waals surface area contributed by atoms with E-state index in [2.05, 4.69) is 42.5 Å². The van der Waals surface area contributed by atoms with Crippen molar-refractivity contribution in [2.75, 3.05) is 44.4 Å². The number of likely N-dealkylation sites (N-methyl/N-ethyl adjacent to an activating group) is 1. The second kappa shape index (κ2) is 10.3. The number of nitrogens with one attached hydrogen (secondary N) is 3. The Morgan fingerprint density at radius 1 is 1.18 bits per heavy atom. The van der Waals surface area contributed by atoms with Crippen molar-refractivity contribution < 1.29 is 9.53 Å². The molecular formula is C28H35N9O2. The number of nitrogens with zero attached hydrogens (tertiary/aromatic N) is 6. The predicted molar refractivity (Wildman–Crippen MR) is 151 cm³/mol. The number of fused-ring (bicyclic) bond motifs is 1. The van der Waals surface area contributed by atoms with Crippen LogP contribution in [0.15, 0.2) is 36.8 Å². The molecule has 2 fully saturated rings. The third-order valence-corrected chi connectivity index (χ3v) is 7.87. The summed E-state index contributed by atoms with van der Waals surface area (Å²) in [7, 11) is 5.56. The number of ether oxygens (including phenoxy) is 1. The molecule has 4 aromatic rings. The Labute approximate surface area is 227 Å². The highest BCUT2D eigenvalue weighted by Gasteiger charge is 2.37. The minimum absolute atomic E-state index is 0.0702. The Kier molecular flexibility index (Phi) is 6.69. The Morgan fingerprint density at radius 3 is 2.85 bits per heavy atom. The van der Waals surface area contributed by atoms with Crippen molar-refractivity contribution in [2.45, 2.75) is 38.3 Å². The zero-order valence-corrected chi connectivity index (χ0v) is 22.9. The van der Waals surface area contributed by atoms with Crippen molar-refractivity contribution >= 4 is 34.1 Å². The number of carbonyl (C=O) groups excluding carboxylic acids is 1. The van der Waals surface area contributed by atoms with Crippen LogP contribution in [0.5, 0.6) is 5.88 Å². The molecule has 0 bridgehead atoms. The van der Waals surface area contributed by atoms with Gasteiger partial charge in [-0.05, 0) is 58.0 Å². The first-order chi connectivity index (χ1) is 18.9. The minimum atomic E-state index is -0.0894. The number of aromatic nitrogens is 5. The topological polar surface area (TPSA) is 116 Å². The molecule has 2 unspecified atom stereocenters. The van der Waals surface area contributed by atoms with Gasteiger partial charge in [0, 0.05) is 43.0 Å². The zero-order valence-electron chi connectivity index (χ0n) is 22.9. The van der Waals surface area contributed by atoms with Gasteiger partial charge in [-0.3, -0.25) is 14.4 Å². The number of rotatable bonds is 7. The van der Waals surface area contributed by atoms with Crippen LogP contribution in [0.25, 0.3) is 22.2 Å². The molecule has 1 aromatic carbocycles. The Bertz CT molecular complexity index is 1510. The molecule has 2 aliphatic rings. The monoisotopic (exact) mass is 529 g/mol. The molecule has 2 saturated heterocycles. The molecule has 204 valence electrons. The summed E-state index contributed by atoms with van der Waals surface area (Å²) < 4.78 is 7.02. The van der Waals surface area contributed by atoms with E-state index in [1.807, 2.05) is 44.6 Å². The fourth-order valence-electron chi connectivity index (χ4n) is 5.96. The first-order valence-electron chi connectivity index (χ1n) is 13.4. The van der Waals surface area contributed by atoms with E-state index < -0.39 is 0 Å². The van der Waals surface area contributed by atoms with Crippen LogP contribution in [0.4, 0.5) is 17.3 Å². The lowest BCUT2D eigenvalue weighted by atomic mass is 10.1. The third kappa shape index (κ3) is 4.83. The van der Waals surface area contributed by atoms with Gasteiger partial charge in [0.2, 0.25) is 11.9 Å². The largest absolute Gasteiger partial charge is 0.478 e. The molecule has 39 heavy (non-hydrogen) atoms. The maximum absolute atomic E-state index is 13.5. The van der Waals surface area contributed by atoms with Crippen LogP contribution in [0.1, 0.15) is 24.8 Å². The summed E-state index contributed by atoms with van der Waals surface area (Å²) in [6, 6.07) is 6.34. The molecule has 2 atom stereocenters. The van der Waals surface area contributed by atoms with E-state index in [1.165, 1.54) is 0 Å². The second-order valence-corrected chi connectivity index (χ2v) is 10.6.